The van der Waals surface area contributed by atoms with Crippen molar-refractivity contribution in [3.63, 3.8) is 0 Å². The fourth-order valence-corrected chi connectivity index (χ4v) is 3.09. The lowest BCUT2D eigenvalue weighted by Crippen LogP contribution is -2.04. The molecule has 0 aromatic heterocycles. The number of fused-ring (bicyclic) bond motifs is 2. The number of hydrogen-bond acceptors (Lipinski definition) is 3. The molecular formula is C16H17NOS. The summed E-state index contributed by atoms with van der Waals surface area (Å²) >= 11 is 1.79. The summed E-state index contributed by atoms with van der Waals surface area (Å²) in [7, 11) is 0. The van der Waals surface area contributed by atoms with Crippen LogP contribution in [0.25, 0.3) is 0 Å². The van der Waals surface area contributed by atoms with Crippen molar-refractivity contribution in [2.24, 2.45) is 0 Å². The molecule has 98 valence electrons. The minimum Gasteiger partial charge on any atom is -0.491 e. The number of benzene rings is 2. The highest BCUT2D eigenvalue weighted by Gasteiger charge is 2.18. The average molecular weight is 271 g/mol. The third-order valence-corrected chi connectivity index (χ3v) is 4.25. The zero-order valence-electron chi connectivity index (χ0n) is 11.0. The van der Waals surface area contributed by atoms with Gasteiger partial charge < -0.3 is 10.1 Å². The Labute approximate surface area is 118 Å². The third kappa shape index (κ3) is 2.56. The largest absolute Gasteiger partial charge is 0.491 e. The van der Waals surface area contributed by atoms with Crippen LogP contribution in [0, 0.1) is 0 Å². The Morgan fingerprint density at radius 1 is 1.05 bits per heavy atom. The van der Waals surface area contributed by atoms with E-state index < -0.39 is 0 Å². The Kier molecular flexibility index (Phi) is 3.65. The second-order valence-electron chi connectivity index (χ2n) is 4.55. The van der Waals surface area contributed by atoms with Crippen LogP contribution >= 0.6 is 11.8 Å². The summed E-state index contributed by atoms with van der Waals surface area (Å²) in [6.45, 7) is 2.95. The van der Waals surface area contributed by atoms with Crippen molar-refractivity contribution >= 4 is 23.1 Å². The van der Waals surface area contributed by atoms with Gasteiger partial charge in [-0.15, -0.1) is 0 Å². The minimum atomic E-state index is 0.779. The first-order valence-electron chi connectivity index (χ1n) is 6.68. The first kappa shape index (κ1) is 12.4. The molecule has 0 aliphatic carbocycles. The smallest absolute Gasteiger partial charge is 0.143 e. The Balaban J connectivity index is 1.88. The molecule has 2 aromatic rings. The van der Waals surface area contributed by atoms with E-state index in [0.29, 0.717) is 0 Å². The highest BCUT2D eigenvalue weighted by Crippen LogP contribution is 2.47. The average Bonchev–Trinajstić information content (AvgIpc) is 2.46. The van der Waals surface area contributed by atoms with Gasteiger partial charge in [0.25, 0.3) is 0 Å². The highest BCUT2D eigenvalue weighted by atomic mass is 32.2. The first-order chi connectivity index (χ1) is 9.38. The maximum atomic E-state index is 5.88. The molecular weight excluding hydrogens is 254 g/mol. The summed E-state index contributed by atoms with van der Waals surface area (Å²) in [5, 5.41) is 3.49. The molecule has 0 spiro atoms. The molecule has 0 fully saturated rings. The van der Waals surface area contributed by atoms with Crippen LogP contribution in [0.2, 0.25) is 0 Å². The molecule has 0 bridgehead atoms. The molecule has 1 N–H and O–H groups in total. The van der Waals surface area contributed by atoms with Crippen LogP contribution in [0.5, 0.6) is 5.75 Å². The van der Waals surface area contributed by atoms with Crippen molar-refractivity contribution in [3.8, 4) is 5.75 Å². The molecule has 0 saturated heterocycles. The minimum absolute atomic E-state index is 0.779. The molecule has 0 amide bonds. The molecule has 3 heteroatoms. The first-order valence-corrected chi connectivity index (χ1v) is 7.50. The van der Waals surface area contributed by atoms with Crippen LogP contribution < -0.4 is 10.1 Å². The van der Waals surface area contributed by atoms with E-state index >= 15 is 0 Å². The van der Waals surface area contributed by atoms with Crippen molar-refractivity contribution in [1.82, 2.24) is 0 Å². The quantitative estimate of drug-likeness (QED) is 0.669. The summed E-state index contributed by atoms with van der Waals surface area (Å²) in [5.41, 5.74) is 2.26. The van der Waals surface area contributed by atoms with Gasteiger partial charge in [0.05, 0.1) is 18.0 Å². The fraction of sp³-hybridized carbons (Fsp3) is 0.250. The zero-order chi connectivity index (χ0) is 13.1. The number of rotatable bonds is 4. The van der Waals surface area contributed by atoms with Crippen molar-refractivity contribution in [2.45, 2.75) is 29.6 Å². The summed E-state index contributed by atoms with van der Waals surface area (Å²) < 4.78 is 5.88. The second kappa shape index (κ2) is 5.57. The van der Waals surface area contributed by atoms with Gasteiger partial charge in [0.2, 0.25) is 0 Å². The normalized spacial score (nSPS) is 12.3. The molecule has 0 saturated carbocycles. The maximum absolute atomic E-state index is 5.88. The SMILES string of the molecule is CCCCOc1cccc2c1Nc1ccccc1S2. The Morgan fingerprint density at radius 3 is 2.79 bits per heavy atom. The van der Waals surface area contributed by atoms with Gasteiger partial charge in [0, 0.05) is 9.79 Å². The van der Waals surface area contributed by atoms with Crippen LogP contribution in [0.1, 0.15) is 19.8 Å². The lowest BCUT2D eigenvalue weighted by molar-refractivity contribution is 0.310. The van der Waals surface area contributed by atoms with Crippen LogP contribution in [0.4, 0.5) is 11.4 Å². The highest BCUT2D eigenvalue weighted by molar-refractivity contribution is 7.99. The number of hydrogen-bond donors (Lipinski definition) is 1. The standard InChI is InChI=1S/C16H17NOS/c1-2-3-11-18-13-8-6-10-15-16(13)17-12-7-4-5-9-14(12)19-15/h4-10,17H,2-3,11H2,1H3. The molecule has 1 aliphatic heterocycles. The molecule has 2 aromatic carbocycles. The van der Waals surface area contributed by atoms with Gasteiger partial charge in [-0.05, 0) is 30.7 Å². The van der Waals surface area contributed by atoms with Crippen molar-refractivity contribution in [2.75, 3.05) is 11.9 Å². The fourth-order valence-electron chi connectivity index (χ4n) is 2.08. The number of ether oxygens (including phenoxy) is 1. The number of nitrogens with one attached hydrogen (secondary N) is 1. The van der Waals surface area contributed by atoms with Gasteiger partial charge >= 0.3 is 0 Å². The summed E-state index contributed by atoms with van der Waals surface area (Å²) in [4.78, 5) is 2.49. The van der Waals surface area contributed by atoms with E-state index in [1.54, 1.807) is 11.8 Å². The molecule has 19 heavy (non-hydrogen) atoms. The predicted octanol–water partition coefficient (Wildman–Crippen LogP) is 5.07. The summed E-state index contributed by atoms with van der Waals surface area (Å²) in [6.07, 6.45) is 2.24. The van der Waals surface area contributed by atoms with E-state index in [0.717, 1.165) is 36.6 Å². The second-order valence-corrected chi connectivity index (χ2v) is 5.64. The van der Waals surface area contributed by atoms with E-state index in [1.165, 1.54) is 9.79 Å². The number of unbranched alkanes of at least 4 members (excludes halogenated alkanes) is 1. The van der Waals surface area contributed by atoms with Crippen LogP contribution in [-0.4, -0.2) is 6.61 Å². The summed E-state index contributed by atoms with van der Waals surface area (Å²) in [6, 6.07) is 14.6. The zero-order valence-corrected chi connectivity index (χ0v) is 11.8. The number of para-hydroxylation sites is 2. The molecule has 1 aliphatic rings. The van der Waals surface area contributed by atoms with E-state index in [4.69, 9.17) is 4.74 Å². The Bertz CT molecular complexity index is 583. The van der Waals surface area contributed by atoms with Crippen LogP contribution in [-0.2, 0) is 0 Å². The Morgan fingerprint density at radius 2 is 1.89 bits per heavy atom. The van der Waals surface area contributed by atoms with Crippen molar-refractivity contribution in [1.29, 1.82) is 0 Å². The van der Waals surface area contributed by atoms with Gasteiger partial charge in [-0.1, -0.05) is 43.3 Å². The van der Waals surface area contributed by atoms with Gasteiger partial charge in [0.15, 0.2) is 0 Å². The maximum Gasteiger partial charge on any atom is 0.143 e. The van der Waals surface area contributed by atoms with Crippen LogP contribution in [0.3, 0.4) is 0 Å². The molecule has 0 radical (unpaired) electrons. The molecule has 3 rings (SSSR count). The van der Waals surface area contributed by atoms with E-state index in [2.05, 4.69) is 48.6 Å². The molecule has 0 atom stereocenters. The monoisotopic (exact) mass is 271 g/mol. The van der Waals surface area contributed by atoms with Gasteiger partial charge in [-0.3, -0.25) is 0 Å². The predicted molar refractivity (Wildman–Crippen MR) is 80.7 cm³/mol. The lowest BCUT2D eigenvalue weighted by Gasteiger charge is -2.23. The topological polar surface area (TPSA) is 21.3 Å². The van der Waals surface area contributed by atoms with Gasteiger partial charge in [-0.2, -0.15) is 0 Å². The third-order valence-electron chi connectivity index (χ3n) is 3.11. The number of anilines is 2. The lowest BCUT2D eigenvalue weighted by atomic mass is 10.2. The van der Waals surface area contributed by atoms with Gasteiger partial charge in [-0.25, -0.2) is 0 Å². The molecule has 1 heterocycles. The molecule has 2 nitrogen and oxygen atoms in total. The van der Waals surface area contributed by atoms with Crippen molar-refractivity contribution < 1.29 is 4.74 Å². The van der Waals surface area contributed by atoms with E-state index in [1.807, 2.05) is 6.07 Å². The van der Waals surface area contributed by atoms with Crippen LogP contribution in [0.15, 0.2) is 52.3 Å². The Hall–Kier alpha value is -1.61. The molecule has 0 unspecified atom stereocenters. The van der Waals surface area contributed by atoms with E-state index in [9.17, 15) is 0 Å². The van der Waals surface area contributed by atoms with Gasteiger partial charge in [0.1, 0.15) is 5.75 Å². The van der Waals surface area contributed by atoms with Crippen molar-refractivity contribution in [3.05, 3.63) is 42.5 Å². The summed E-state index contributed by atoms with van der Waals surface area (Å²) in [5.74, 6) is 0.952. The van der Waals surface area contributed by atoms with E-state index in [-0.39, 0.29) is 0 Å².